The topological polar surface area (TPSA) is 15.3 Å². The molecular weight excluding hydrogens is 208 g/mol. The molecule has 88 valence electrons. The van der Waals surface area contributed by atoms with Crippen LogP contribution in [0.1, 0.15) is 0 Å². The van der Waals surface area contributed by atoms with E-state index in [9.17, 15) is 0 Å². The summed E-state index contributed by atoms with van der Waals surface area (Å²) in [6.45, 7) is 0. The zero-order valence-corrected chi connectivity index (χ0v) is 10.6. The van der Waals surface area contributed by atoms with Gasteiger partial charge in [0.05, 0.1) is 0 Å². The van der Waals surface area contributed by atoms with Crippen LogP contribution in [0.25, 0.3) is 11.1 Å². The summed E-state index contributed by atoms with van der Waals surface area (Å²) in [5.41, 5.74) is 4.85. The van der Waals surface area contributed by atoms with Crippen molar-refractivity contribution >= 4 is 11.4 Å². The quantitative estimate of drug-likeness (QED) is 0.862. The SMILES string of the molecule is CNc1ccc(-c2cccc(N(C)C)c2)cc1. The highest BCUT2D eigenvalue weighted by molar-refractivity contribution is 5.69. The van der Waals surface area contributed by atoms with Crippen molar-refractivity contribution in [3.63, 3.8) is 0 Å². The number of benzene rings is 2. The minimum absolute atomic E-state index is 1.14. The maximum Gasteiger partial charge on any atom is 0.0367 e. The molecule has 0 amide bonds. The lowest BCUT2D eigenvalue weighted by atomic mass is 10.0. The summed E-state index contributed by atoms with van der Waals surface area (Å²) in [4.78, 5) is 2.12. The molecule has 2 aromatic rings. The van der Waals surface area contributed by atoms with Gasteiger partial charge in [0.25, 0.3) is 0 Å². The molecule has 0 aliphatic heterocycles. The van der Waals surface area contributed by atoms with E-state index in [-0.39, 0.29) is 0 Å². The van der Waals surface area contributed by atoms with Gasteiger partial charge in [0.15, 0.2) is 0 Å². The van der Waals surface area contributed by atoms with Crippen LogP contribution in [-0.2, 0) is 0 Å². The Bertz CT molecular complexity index is 487. The summed E-state index contributed by atoms with van der Waals surface area (Å²) in [6, 6.07) is 17.0. The Balaban J connectivity index is 2.35. The number of hydrogen-bond donors (Lipinski definition) is 1. The first-order valence-electron chi connectivity index (χ1n) is 5.76. The fraction of sp³-hybridized carbons (Fsp3) is 0.200. The Hall–Kier alpha value is -1.96. The molecule has 0 saturated heterocycles. The summed E-state index contributed by atoms with van der Waals surface area (Å²) in [5.74, 6) is 0. The van der Waals surface area contributed by atoms with Crippen molar-refractivity contribution in [3.05, 3.63) is 48.5 Å². The molecule has 2 aromatic carbocycles. The highest BCUT2D eigenvalue weighted by Crippen LogP contribution is 2.24. The Morgan fingerprint density at radius 1 is 0.882 bits per heavy atom. The summed E-state index contributed by atoms with van der Waals surface area (Å²) in [5, 5.41) is 3.13. The van der Waals surface area contributed by atoms with Gasteiger partial charge in [-0.2, -0.15) is 0 Å². The van der Waals surface area contributed by atoms with E-state index in [0.29, 0.717) is 0 Å². The molecule has 0 saturated carbocycles. The smallest absolute Gasteiger partial charge is 0.0367 e. The predicted molar refractivity (Wildman–Crippen MR) is 75.8 cm³/mol. The zero-order valence-electron chi connectivity index (χ0n) is 10.6. The van der Waals surface area contributed by atoms with Crippen LogP contribution in [-0.4, -0.2) is 21.1 Å². The third-order valence-electron chi connectivity index (χ3n) is 2.87. The number of rotatable bonds is 3. The Morgan fingerprint density at radius 3 is 2.18 bits per heavy atom. The maximum absolute atomic E-state index is 3.13. The lowest BCUT2D eigenvalue weighted by Gasteiger charge is -2.13. The van der Waals surface area contributed by atoms with Gasteiger partial charge in [0.2, 0.25) is 0 Å². The average Bonchev–Trinajstić information content (AvgIpc) is 2.39. The van der Waals surface area contributed by atoms with Gasteiger partial charge in [-0.25, -0.2) is 0 Å². The molecule has 0 radical (unpaired) electrons. The first-order valence-corrected chi connectivity index (χ1v) is 5.76. The highest BCUT2D eigenvalue weighted by Gasteiger charge is 2.00. The van der Waals surface area contributed by atoms with Gasteiger partial charge in [0.1, 0.15) is 0 Å². The third kappa shape index (κ3) is 2.59. The van der Waals surface area contributed by atoms with Crippen LogP contribution in [0.5, 0.6) is 0 Å². The van der Waals surface area contributed by atoms with E-state index in [1.54, 1.807) is 0 Å². The third-order valence-corrected chi connectivity index (χ3v) is 2.87. The largest absolute Gasteiger partial charge is 0.388 e. The number of hydrogen-bond acceptors (Lipinski definition) is 2. The van der Waals surface area contributed by atoms with Gasteiger partial charge in [-0.1, -0.05) is 24.3 Å². The van der Waals surface area contributed by atoms with Crippen LogP contribution >= 0.6 is 0 Å². The number of nitrogens with one attached hydrogen (secondary N) is 1. The first kappa shape index (κ1) is 11.5. The van der Waals surface area contributed by atoms with Crippen LogP contribution in [0.15, 0.2) is 48.5 Å². The minimum Gasteiger partial charge on any atom is -0.388 e. The van der Waals surface area contributed by atoms with E-state index in [2.05, 4.69) is 72.8 Å². The van der Waals surface area contributed by atoms with Crippen LogP contribution in [0.2, 0.25) is 0 Å². The van der Waals surface area contributed by atoms with Crippen molar-refractivity contribution in [2.45, 2.75) is 0 Å². The van der Waals surface area contributed by atoms with Gasteiger partial charge in [-0.05, 0) is 35.4 Å². The second-order valence-corrected chi connectivity index (χ2v) is 4.27. The molecule has 0 fully saturated rings. The van der Waals surface area contributed by atoms with E-state index < -0.39 is 0 Å². The first-order chi connectivity index (χ1) is 8.20. The molecule has 1 N–H and O–H groups in total. The van der Waals surface area contributed by atoms with Crippen LogP contribution in [0.3, 0.4) is 0 Å². The molecule has 2 heteroatoms. The van der Waals surface area contributed by atoms with Crippen molar-refractivity contribution < 1.29 is 0 Å². The molecule has 17 heavy (non-hydrogen) atoms. The van der Waals surface area contributed by atoms with Crippen molar-refractivity contribution in [2.75, 3.05) is 31.4 Å². The van der Waals surface area contributed by atoms with Crippen LogP contribution < -0.4 is 10.2 Å². The Labute approximate surface area is 103 Å². The van der Waals surface area contributed by atoms with E-state index >= 15 is 0 Å². The van der Waals surface area contributed by atoms with Gasteiger partial charge >= 0.3 is 0 Å². The molecule has 2 rings (SSSR count). The second-order valence-electron chi connectivity index (χ2n) is 4.27. The fourth-order valence-electron chi connectivity index (χ4n) is 1.79. The zero-order chi connectivity index (χ0) is 12.3. The summed E-state index contributed by atoms with van der Waals surface area (Å²) in [7, 11) is 6.05. The van der Waals surface area contributed by atoms with Gasteiger partial charge in [-0.3, -0.25) is 0 Å². The summed E-state index contributed by atoms with van der Waals surface area (Å²) < 4.78 is 0. The normalized spacial score (nSPS) is 10.1. The standard InChI is InChI=1S/C15H18N2/c1-16-14-9-7-12(8-10-14)13-5-4-6-15(11-13)17(2)3/h4-11,16H,1-3H3. The van der Waals surface area contributed by atoms with E-state index in [0.717, 1.165) is 5.69 Å². The van der Waals surface area contributed by atoms with Gasteiger partial charge in [0, 0.05) is 32.5 Å². The Kier molecular flexibility index (Phi) is 3.33. The second kappa shape index (κ2) is 4.91. The van der Waals surface area contributed by atoms with E-state index in [1.807, 2.05) is 7.05 Å². The summed E-state index contributed by atoms with van der Waals surface area (Å²) in [6.07, 6.45) is 0. The van der Waals surface area contributed by atoms with E-state index in [4.69, 9.17) is 0 Å². The predicted octanol–water partition coefficient (Wildman–Crippen LogP) is 3.46. The molecule has 0 aliphatic rings. The van der Waals surface area contributed by atoms with Crippen molar-refractivity contribution in [1.29, 1.82) is 0 Å². The summed E-state index contributed by atoms with van der Waals surface area (Å²) >= 11 is 0. The minimum atomic E-state index is 1.14. The van der Waals surface area contributed by atoms with Gasteiger partial charge < -0.3 is 10.2 Å². The number of nitrogens with zero attached hydrogens (tertiary/aromatic N) is 1. The number of anilines is 2. The molecule has 0 unspecified atom stereocenters. The van der Waals surface area contributed by atoms with Crippen molar-refractivity contribution in [3.8, 4) is 11.1 Å². The average molecular weight is 226 g/mol. The maximum atomic E-state index is 3.13. The van der Waals surface area contributed by atoms with Crippen molar-refractivity contribution in [1.82, 2.24) is 0 Å². The highest BCUT2D eigenvalue weighted by atomic mass is 15.1. The molecule has 0 atom stereocenters. The monoisotopic (exact) mass is 226 g/mol. The molecule has 0 spiro atoms. The molecule has 0 heterocycles. The Morgan fingerprint density at radius 2 is 1.59 bits per heavy atom. The van der Waals surface area contributed by atoms with E-state index in [1.165, 1.54) is 16.8 Å². The molecule has 0 aliphatic carbocycles. The lowest BCUT2D eigenvalue weighted by Crippen LogP contribution is -2.08. The van der Waals surface area contributed by atoms with Crippen molar-refractivity contribution in [2.24, 2.45) is 0 Å². The lowest BCUT2D eigenvalue weighted by molar-refractivity contribution is 1.13. The van der Waals surface area contributed by atoms with Gasteiger partial charge in [-0.15, -0.1) is 0 Å². The van der Waals surface area contributed by atoms with Crippen LogP contribution in [0, 0.1) is 0 Å². The molecular formula is C15H18N2. The molecule has 0 aromatic heterocycles. The molecule has 2 nitrogen and oxygen atoms in total. The van der Waals surface area contributed by atoms with Crippen LogP contribution in [0.4, 0.5) is 11.4 Å². The molecule has 0 bridgehead atoms. The fourth-order valence-corrected chi connectivity index (χ4v) is 1.79.